The van der Waals surface area contributed by atoms with Gasteiger partial charge in [-0.15, -0.1) is 0 Å². The third-order valence-corrected chi connectivity index (χ3v) is 6.16. The van der Waals surface area contributed by atoms with Crippen LogP contribution in [0.2, 0.25) is 0 Å². The number of amides is 1. The molecule has 0 aliphatic heterocycles. The number of hydrogen-bond donors (Lipinski definition) is 2. The van der Waals surface area contributed by atoms with Crippen molar-refractivity contribution in [2.75, 3.05) is 10.0 Å². The summed E-state index contributed by atoms with van der Waals surface area (Å²) in [5.41, 5.74) is 2.50. The molecule has 2 heterocycles. The van der Waals surface area contributed by atoms with Crippen molar-refractivity contribution >= 4 is 27.6 Å². The molecule has 0 aliphatic carbocycles. The van der Waals surface area contributed by atoms with E-state index in [0.717, 1.165) is 16.9 Å². The normalized spacial score (nSPS) is 11.1. The molecule has 0 spiro atoms. The van der Waals surface area contributed by atoms with Crippen LogP contribution >= 0.6 is 0 Å². The minimum Gasteiger partial charge on any atom is -0.485 e. The maximum absolute atomic E-state index is 12.5. The molecule has 2 N–H and O–H groups in total. The van der Waals surface area contributed by atoms with E-state index in [0.29, 0.717) is 11.4 Å². The summed E-state index contributed by atoms with van der Waals surface area (Å²) in [6.07, 6.45) is 2.86. The predicted octanol–water partition coefficient (Wildman–Crippen LogP) is 4.32. The SMILES string of the molecule is Cc1ccc(C)c(OCc2ccc(C(=O)Nc3ccc(S(=O)(=O)Nc4ncccn4)cc3)o2)c1. The molecule has 0 saturated carbocycles. The standard InChI is InChI=1S/C24H22N4O5S/c1-16-4-5-17(2)22(14-16)32-15-19-8-11-21(33-19)23(29)27-18-6-9-20(10-7-18)34(30,31)28-24-25-12-3-13-26-24/h3-14H,15H2,1-2H3,(H,27,29)(H,25,26,28). The van der Waals surface area contributed by atoms with E-state index in [2.05, 4.69) is 20.0 Å². The summed E-state index contributed by atoms with van der Waals surface area (Å²) in [4.78, 5) is 20.2. The molecule has 0 aliphatic rings. The van der Waals surface area contributed by atoms with Gasteiger partial charge >= 0.3 is 0 Å². The zero-order valence-corrected chi connectivity index (χ0v) is 19.3. The maximum Gasteiger partial charge on any atom is 0.291 e. The first kappa shape index (κ1) is 23.0. The number of hydrogen-bond acceptors (Lipinski definition) is 7. The van der Waals surface area contributed by atoms with Crippen LogP contribution in [-0.2, 0) is 16.6 Å². The summed E-state index contributed by atoms with van der Waals surface area (Å²) in [5.74, 6) is 0.867. The number of carbonyl (C=O) groups is 1. The highest BCUT2D eigenvalue weighted by atomic mass is 32.2. The predicted molar refractivity (Wildman–Crippen MR) is 126 cm³/mol. The Balaban J connectivity index is 1.37. The van der Waals surface area contributed by atoms with Crippen molar-refractivity contribution in [3.05, 3.63) is 95.7 Å². The van der Waals surface area contributed by atoms with E-state index in [9.17, 15) is 13.2 Å². The Morgan fingerprint density at radius 2 is 1.74 bits per heavy atom. The van der Waals surface area contributed by atoms with Crippen LogP contribution in [0.4, 0.5) is 11.6 Å². The van der Waals surface area contributed by atoms with E-state index in [1.165, 1.54) is 36.7 Å². The van der Waals surface area contributed by atoms with Gasteiger partial charge in [-0.25, -0.2) is 23.1 Å². The summed E-state index contributed by atoms with van der Waals surface area (Å²) in [7, 11) is -3.86. The molecule has 174 valence electrons. The number of nitrogens with zero attached hydrogens (tertiary/aromatic N) is 2. The number of ether oxygens (including phenoxy) is 1. The smallest absolute Gasteiger partial charge is 0.291 e. The Bertz CT molecular complexity index is 1400. The Labute approximate surface area is 196 Å². The highest BCUT2D eigenvalue weighted by Crippen LogP contribution is 2.22. The minimum atomic E-state index is -3.86. The number of furan rings is 1. The zero-order chi connectivity index (χ0) is 24.1. The number of nitrogens with one attached hydrogen (secondary N) is 2. The van der Waals surface area contributed by atoms with Crippen molar-refractivity contribution in [3.8, 4) is 5.75 Å². The summed E-state index contributed by atoms with van der Waals surface area (Å²) in [6, 6.07) is 16.4. The Kier molecular flexibility index (Phi) is 6.60. The lowest BCUT2D eigenvalue weighted by molar-refractivity contribution is 0.0992. The fourth-order valence-corrected chi connectivity index (χ4v) is 3.99. The summed E-state index contributed by atoms with van der Waals surface area (Å²) in [5, 5.41) is 2.68. The van der Waals surface area contributed by atoms with E-state index in [1.54, 1.807) is 18.2 Å². The molecule has 4 aromatic rings. The number of sulfonamides is 1. The fourth-order valence-electron chi connectivity index (χ4n) is 3.03. The Hall–Kier alpha value is -4.18. The molecule has 0 radical (unpaired) electrons. The molecule has 0 saturated heterocycles. The first-order chi connectivity index (χ1) is 16.3. The Morgan fingerprint density at radius 1 is 1.00 bits per heavy atom. The number of benzene rings is 2. The molecular weight excluding hydrogens is 456 g/mol. The van der Waals surface area contributed by atoms with Crippen LogP contribution in [0.5, 0.6) is 5.75 Å². The highest BCUT2D eigenvalue weighted by molar-refractivity contribution is 7.92. The first-order valence-corrected chi connectivity index (χ1v) is 11.8. The second-order valence-corrected chi connectivity index (χ2v) is 9.16. The van der Waals surface area contributed by atoms with Crippen LogP contribution in [0.15, 0.2) is 82.4 Å². The van der Waals surface area contributed by atoms with E-state index < -0.39 is 15.9 Å². The average Bonchev–Trinajstić information content (AvgIpc) is 3.30. The van der Waals surface area contributed by atoms with Crippen molar-refractivity contribution in [2.45, 2.75) is 25.3 Å². The third kappa shape index (κ3) is 5.59. The molecule has 1 amide bonds. The van der Waals surface area contributed by atoms with Crippen LogP contribution in [0, 0.1) is 13.8 Å². The third-order valence-electron chi connectivity index (χ3n) is 4.81. The van der Waals surface area contributed by atoms with Crippen molar-refractivity contribution in [3.63, 3.8) is 0 Å². The lowest BCUT2D eigenvalue weighted by atomic mass is 10.1. The molecule has 2 aromatic carbocycles. The van der Waals surface area contributed by atoms with E-state index in [1.807, 2.05) is 32.0 Å². The number of aryl methyl sites for hydroxylation is 2. The second-order valence-electron chi connectivity index (χ2n) is 7.48. The van der Waals surface area contributed by atoms with E-state index in [-0.39, 0.29) is 23.2 Å². The Morgan fingerprint density at radius 3 is 2.47 bits per heavy atom. The number of anilines is 2. The van der Waals surface area contributed by atoms with Crippen LogP contribution in [-0.4, -0.2) is 24.3 Å². The van der Waals surface area contributed by atoms with Gasteiger partial charge in [0.15, 0.2) is 5.76 Å². The minimum absolute atomic E-state index is 0.00169. The van der Waals surface area contributed by atoms with Crippen LogP contribution in [0.1, 0.15) is 27.4 Å². The molecule has 0 atom stereocenters. The zero-order valence-electron chi connectivity index (χ0n) is 18.5. The molecule has 9 nitrogen and oxygen atoms in total. The van der Waals surface area contributed by atoms with Crippen molar-refractivity contribution in [1.82, 2.24) is 9.97 Å². The van der Waals surface area contributed by atoms with Crippen molar-refractivity contribution < 1.29 is 22.4 Å². The summed E-state index contributed by atoms with van der Waals surface area (Å²) in [6.45, 7) is 4.12. The molecule has 0 bridgehead atoms. The van der Waals surface area contributed by atoms with Gasteiger partial charge < -0.3 is 14.5 Å². The molecule has 10 heteroatoms. The van der Waals surface area contributed by atoms with E-state index in [4.69, 9.17) is 9.15 Å². The van der Waals surface area contributed by atoms with Crippen LogP contribution < -0.4 is 14.8 Å². The summed E-state index contributed by atoms with van der Waals surface area (Å²) >= 11 is 0. The molecule has 34 heavy (non-hydrogen) atoms. The molecule has 0 fully saturated rings. The first-order valence-electron chi connectivity index (χ1n) is 10.3. The van der Waals surface area contributed by atoms with Gasteiger partial charge in [-0.2, -0.15) is 0 Å². The molecule has 0 unspecified atom stereocenters. The van der Waals surface area contributed by atoms with Gasteiger partial charge in [0.05, 0.1) is 4.90 Å². The lowest BCUT2D eigenvalue weighted by Gasteiger charge is -2.09. The van der Waals surface area contributed by atoms with Gasteiger partial charge in [0.1, 0.15) is 18.1 Å². The van der Waals surface area contributed by atoms with Crippen molar-refractivity contribution in [1.29, 1.82) is 0 Å². The quantitative estimate of drug-likeness (QED) is 0.387. The largest absolute Gasteiger partial charge is 0.485 e. The van der Waals surface area contributed by atoms with Gasteiger partial charge in [0, 0.05) is 18.1 Å². The number of rotatable bonds is 8. The molecule has 2 aromatic heterocycles. The van der Waals surface area contributed by atoms with Gasteiger partial charge in [-0.3, -0.25) is 4.79 Å². The molecule has 4 rings (SSSR count). The van der Waals surface area contributed by atoms with Crippen LogP contribution in [0.25, 0.3) is 0 Å². The lowest BCUT2D eigenvalue weighted by Crippen LogP contribution is -2.15. The van der Waals surface area contributed by atoms with Gasteiger partial charge in [0.25, 0.3) is 15.9 Å². The fraction of sp³-hybridized carbons (Fsp3) is 0.125. The monoisotopic (exact) mass is 478 g/mol. The summed E-state index contributed by atoms with van der Waals surface area (Å²) < 4.78 is 38.6. The van der Waals surface area contributed by atoms with Gasteiger partial charge in [0.2, 0.25) is 5.95 Å². The molecular formula is C24H22N4O5S. The maximum atomic E-state index is 12.5. The van der Waals surface area contributed by atoms with Crippen molar-refractivity contribution in [2.24, 2.45) is 0 Å². The highest BCUT2D eigenvalue weighted by Gasteiger charge is 2.17. The average molecular weight is 479 g/mol. The number of carbonyl (C=O) groups excluding carboxylic acids is 1. The van der Waals surface area contributed by atoms with Gasteiger partial charge in [-0.1, -0.05) is 12.1 Å². The van der Waals surface area contributed by atoms with Gasteiger partial charge in [-0.05, 0) is 73.5 Å². The van der Waals surface area contributed by atoms with Crippen LogP contribution in [0.3, 0.4) is 0 Å². The second kappa shape index (κ2) is 9.75. The van der Waals surface area contributed by atoms with E-state index >= 15 is 0 Å². The number of aromatic nitrogens is 2. The topological polar surface area (TPSA) is 123 Å².